The summed E-state index contributed by atoms with van der Waals surface area (Å²) in [4.78, 5) is 0. The van der Waals surface area contributed by atoms with Crippen LogP contribution in [0, 0.1) is 5.92 Å². The topological polar surface area (TPSA) is 30.5 Å². The number of hydrogen-bond donors (Lipinski definition) is 1. The maximum atomic E-state index is 5.76. The van der Waals surface area contributed by atoms with Gasteiger partial charge in [0.25, 0.3) is 0 Å². The summed E-state index contributed by atoms with van der Waals surface area (Å²) in [5, 5.41) is 3.43. The smallest absolute Gasteiger partial charge is 0.121 e. The molecule has 2 rings (SSSR count). The Bertz CT molecular complexity index is 578. The van der Waals surface area contributed by atoms with Crippen LogP contribution >= 0.6 is 0 Å². The van der Waals surface area contributed by atoms with E-state index in [2.05, 4.69) is 44.3 Å². The van der Waals surface area contributed by atoms with Crippen LogP contribution in [0.3, 0.4) is 0 Å². The number of rotatable bonds is 9. The Labute approximate surface area is 139 Å². The van der Waals surface area contributed by atoms with Crippen molar-refractivity contribution in [2.45, 2.75) is 33.7 Å². The maximum absolute atomic E-state index is 5.76. The molecule has 0 spiro atoms. The highest BCUT2D eigenvalue weighted by molar-refractivity contribution is 5.48. The van der Waals surface area contributed by atoms with Crippen molar-refractivity contribution < 1.29 is 9.47 Å². The van der Waals surface area contributed by atoms with Crippen molar-refractivity contribution in [1.29, 1.82) is 0 Å². The Balaban J connectivity index is 1.86. The lowest BCUT2D eigenvalue weighted by Gasteiger charge is -2.11. The van der Waals surface area contributed by atoms with Crippen LogP contribution in [0.25, 0.3) is 0 Å². The van der Waals surface area contributed by atoms with Crippen LogP contribution in [0.5, 0.6) is 11.5 Å². The molecule has 2 aromatic rings. The summed E-state index contributed by atoms with van der Waals surface area (Å²) in [7, 11) is 0. The van der Waals surface area contributed by atoms with Gasteiger partial charge in [-0.2, -0.15) is 0 Å². The van der Waals surface area contributed by atoms with Crippen LogP contribution < -0.4 is 14.8 Å². The first-order valence-electron chi connectivity index (χ1n) is 8.36. The van der Waals surface area contributed by atoms with Gasteiger partial charge in [0.15, 0.2) is 0 Å². The molecule has 0 unspecified atom stereocenters. The normalized spacial score (nSPS) is 10.6. The van der Waals surface area contributed by atoms with E-state index in [0.717, 1.165) is 43.4 Å². The summed E-state index contributed by atoms with van der Waals surface area (Å²) in [6.07, 6.45) is 1.03. The second-order valence-electron chi connectivity index (χ2n) is 6.08. The lowest BCUT2D eigenvalue weighted by molar-refractivity contribution is 0.271. The minimum atomic E-state index is 0.528. The van der Waals surface area contributed by atoms with Crippen LogP contribution in [0.2, 0.25) is 0 Å². The van der Waals surface area contributed by atoms with E-state index in [9.17, 15) is 0 Å². The first kappa shape index (κ1) is 17.2. The number of benzene rings is 2. The summed E-state index contributed by atoms with van der Waals surface area (Å²) >= 11 is 0. The summed E-state index contributed by atoms with van der Waals surface area (Å²) in [6.45, 7) is 8.69. The second-order valence-corrected chi connectivity index (χ2v) is 6.08. The van der Waals surface area contributed by atoms with Gasteiger partial charge in [0.2, 0.25) is 0 Å². The molecule has 0 aliphatic rings. The number of hydrogen-bond acceptors (Lipinski definition) is 3. The molecule has 0 radical (unpaired) electrons. The van der Waals surface area contributed by atoms with Crippen LogP contribution in [0.15, 0.2) is 48.5 Å². The highest BCUT2D eigenvalue weighted by Crippen LogP contribution is 2.19. The van der Waals surface area contributed by atoms with E-state index in [4.69, 9.17) is 9.47 Å². The molecule has 0 heterocycles. The zero-order chi connectivity index (χ0) is 16.5. The van der Waals surface area contributed by atoms with E-state index < -0.39 is 0 Å². The zero-order valence-electron chi connectivity index (χ0n) is 14.3. The predicted molar refractivity (Wildman–Crippen MR) is 96.3 cm³/mol. The molecule has 124 valence electrons. The largest absolute Gasteiger partial charge is 0.494 e. The fraction of sp³-hybridized carbons (Fsp3) is 0.400. The molecule has 0 atom stereocenters. The van der Waals surface area contributed by atoms with E-state index >= 15 is 0 Å². The molecule has 3 nitrogen and oxygen atoms in total. The van der Waals surface area contributed by atoms with Gasteiger partial charge in [0.05, 0.1) is 13.2 Å². The third kappa shape index (κ3) is 6.23. The van der Waals surface area contributed by atoms with Gasteiger partial charge in [0, 0.05) is 18.3 Å². The molecule has 2 aromatic carbocycles. The Morgan fingerprint density at radius 2 is 1.74 bits per heavy atom. The van der Waals surface area contributed by atoms with Crippen LogP contribution in [0.4, 0.5) is 5.69 Å². The lowest BCUT2D eigenvalue weighted by atomic mass is 10.2. The first-order valence-corrected chi connectivity index (χ1v) is 8.36. The summed E-state index contributed by atoms with van der Waals surface area (Å²) in [5.41, 5.74) is 2.29. The van der Waals surface area contributed by atoms with Gasteiger partial charge >= 0.3 is 0 Å². The summed E-state index contributed by atoms with van der Waals surface area (Å²) in [6, 6.07) is 16.3. The summed E-state index contributed by atoms with van der Waals surface area (Å²) < 4.78 is 11.4. The van der Waals surface area contributed by atoms with Gasteiger partial charge in [-0.15, -0.1) is 0 Å². The molecule has 0 saturated heterocycles. The van der Waals surface area contributed by atoms with Crippen LogP contribution in [0.1, 0.15) is 32.8 Å². The van der Waals surface area contributed by atoms with Crippen molar-refractivity contribution in [2.24, 2.45) is 5.92 Å². The van der Waals surface area contributed by atoms with Gasteiger partial charge in [0.1, 0.15) is 11.5 Å². The van der Waals surface area contributed by atoms with Crippen molar-refractivity contribution in [2.75, 3.05) is 18.5 Å². The van der Waals surface area contributed by atoms with Gasteiger partial charge in [-0.1, -0.05) is 39.0 Å². The fourth-order valence-corrected chi connectivity index (χ4v) is 2.09. The zero-order valence-corrected chi connectivity index (χ0v) is 14.3. The van der Waals surface area contributed by atoms with Crippen LogP contribution in [-0.2, 0) is 6.54 Å². The Hall–Kier alpha value is -2.16. The Morgan fingerprint density at radius 3 is 2.43 bits per heavy atom. The maximum Gasteiger partial charge on any atom is 0.121 e. The molecule has 0 amide bonds. The third-order valence-corrected chi connectivity index (χ3v) is 3.31. The second kappa shape index (κ2) is 9.09. The van der Waals surface area contributed by atoms with Gasteiger partial charge < -0.3 is 14.8 Å². The van der Waals surface area contributed by atoms with E-state index in [0.29, 0.717) is 5.92 Å². The van der Waals surface area contributed by atoms with Gasteiger partial charge in [-0.3, -0.25) is 0 Å². The molecule has 3 heteroatoms. The molecule has 0 saturated carbocycles. The predicted octanol–water partition coefficient (Wildman–Crippen LogP) is 5.12. The molecule has 0 aliphatic carbocycles. The third-order valence-electron chi connectivity index (χ3n) is 3.31. The summed E-state index contributed by atoms with van der Waals surface area (Å²) in [5.74, 6) is 2.37. The van der Waals surface area contributed by atoms with Crippen LogP contribution in [-0.4, -0.2) is 13.2 Å². The SMILES string of the molecule is CCCOc1ccc(CNc2cccc(OCC(C)C)c2)cc1. The molecule has 0 aromatic heterocycles. The van der Waals surface area contributed by atoms with Crippen molar-refractivity contribution in [1.82, 2.24) is 0 Å². The molecule has 23 heavy (non-hydrogen) atoms. The number of nitrogens with one attached hydrogen (secondary N) is 1. The van der Waals surface area contributed by atoms with Gasteiger partial charge in [-0.25, -0.2) is 0 Å². The van der Waals surface area contributed by atoms with Crippen molar-refractivity contribution in [3.05, 3.63) is 54.1 Å². The molecular weight excluding hydrogens is 286 g/mol. The van der Waals surface area contributed by atoms with E-state index in [1.165, 1.54) is 5.56 Å². The monoisotopic (exact) mass is 313 g/mol. The number of ether oxygens (including phenoxy) is 2. The average molecular weight is 313 g/mol. The molecule has 0 aliphatic heterocycles. The molecular formula is C20H27NO2. The molecule has 1 N–H and O–H groups in total. The Kier molecular flexibility index (Phi) is 6.79. The highest BCUT2D eigenvalue weighted by Gasteiger charge is 2.00. The van der Waals surface area contributed by atoms with E-state index in [1.54, 1.807) is 0 Å². The molecule has 0 fully saturated rings. The number of anilines is 1. The highest BCUT2D eigenvalue weighted by atomic mass is 16.5. The van der Waals surface area contributed by atoms with Gasteiger partial charge in [-0.05, 0) is 42.2 Å². The average Bonchev–Trinajstić information content (AvgIpc) is 2.57. The fourth-order valence-electron chi connectivity index (χ4n) is 2.09. The Morgan fingerprint density at radius 1 is 0.957 bits per heavy atom. The van der Waals surface area contributed by atoms with Crippen molar-refractivity contribution in [3.63, 3.8) is 0 Å². The standard InChI is InChI=1S/C20H27NO2/c1-4-12-22-19-10-8-17(9-11-19)14-21-18-6-5-7-20(13-18)23-15-16(2)3/h5-11,13,16,21H,4,12,14-15H2,1-3H3. The minimum Gasteiger partial charge on any atom is -0.494 e. The van der Waals surface area contributed by atoms with E-state index in [-0.39, 0.29) is 0 Å². The molecule has 0 bridgehead atoms. The van der Waals surface area contributed by atoms with Crippen molar-refractivity contribution in [3.8, 4) is 11.5 Å². The van der Waals surface area contributed by atoms with E-state index in [1.807, 2.05) is 30.3 Å². The first-order chi connectivity index (χ1) is 11.2. The quantitative estimate of drug-likeness (QED) is 0.697. The van der Waals surface area contributed by atoms with Crippen molar-refractivity contribution >= 4 is 5.69 Å². The lowest BCUT2D eigenvalue weighted by Crippen LogP contribution is -2.05. The minimum absolute atomic E-state index is 0.528.